The molecule has 0 aliphatic heterocycles. The van der Waals surface area contributed by atoms with E-state index in [-0.39, 0.29) is 11.7 Å². The Bertz CT molecular complexity index is 1220. The zero-order valence-corrected chi connectivity index (χ0v) is 19.1. The molecule has 2 aromatic heterocycles. The first-order chi connectivity index (χ1) is 15.6. The van der Waals surface area contributed by atoms with Crippen LogP contribution in [0.15, 0.2) is 59.6 Å². The Morgan fingerprint density at radius 1 is 1.06 bits per heavy atom. The summed E-state index contributed by atoms with van der Waals surface area (Å²) in [6.07, 6.45) is 0. The van der Waals surface area contributed by atoms with E-state index in [0.717, 1.165) is 39.3 Å². The maximum absolute atomic E-state index is 12.4. The molecule has 4 aromatic rings. The lowest BCUT2D eigenvalue weighted by Crippen LogP contribution is -2.24. The van der Waals surface area contributed by atoms with Crippen LogP contribution in [0.4, 0.5) is 0 Å². The van der Waals surface area contributed by atoms with Crippen molar-refractivity contribution in [2.24, 2.45) is 0 Å². The van der Waals surface area contributed by atoms with Gasteiger partial charge in [-0.05, 0) is 50.6 Å². The average molecular weight is 448 g/mol. The number of nitrogens with zero attached hydrogens (tertiary/aromatic N) is 4. The maximum atomic E-state index is 12.4. The van der Waals surface area contributed by atoms with Crippen molar-refractivity contribution in [3.05, 3.63) is 71.5 Å². The van der Waals surface area contributed by atoms with E-state index in [1.165, 1.54) is 11.8 Å². The Morgan fingerprint density at radius 3 is 2.53 bits per heavy atom. The van der Waals surface area contributed by atoms with Crippen molar-refractivity contribution < 1.29 is 9.53 Å². The molecule has 8 heteroatoms. The number of carbonyl (C=O) groups excluding carboxylic acids is 1. The number of amides is 1. The fraction of sp³-hybridized carbons (Fsp3) is 0.250. The van der Waals surface area contributed by atoms with Crippen LogP contribution in [0.3, 0.4) is 0 Å². The fourth-order valence-electron chi connectivity index (χ4n) is 3.48. The molecule has 4 rings (SSSR count). The number of aromatic nitrogens is 4. The zero-order chi connectivity index (χ0) is 22.5. The van der Waals surface area contributed by atoms with Crippen LogP contribution in [0.1, 0.15) is 23.9 Å². The van der Waals surface area contributed by atoms with E-state index in [2.05, 4.69) is 15.5 Å². The van der Waals surface area contributed by atoms with Gasteiger partial charge in [-0.2, -0.15) is 10.2 Å². The van der Waals surface area contributed by atoms with Gasteiger partial charge in [-0.15, -0.1) is 5.10 Å². The van der Waals surface area contributed by atoms with Crippen LogP contribution in [0, 0.1) is 13.8 Å². The highest BCUT2D eigenvalue weighted by Gasteiger charge is 2.18. The number of ether oxygens (including phenoxy) is 1. The molecular weight excluding hydrogens is 422 g/mol. The molecule has 2 heterocycles. The van der Waals surface area contributed by atoms with Crippen LogP contribution in [-0.4, -0.2) is 38.2 Å². The van der Waals surface area contributed by atoms with Gasteiger partial charge in [0.1, 0.15) is 16.3 Å². The smallest absolute Gasteiger partial charge is 0.230 e. The first kappa shape index (κ1) is 21.8. The van der Waals surface area contributed by atoms with Crippen LogP contribution < -0.4 is 10.1 Å². The summed E-state index contributed by atoms with van der Waals surface area (Å²) in [7, 11) is 0. The molecule has 0 saturated carbocycles. The molecule has 1 amide bonds. The van der Waals surface area contributed by atoms with E-state index in [9.17, 15) is 4.79 Å². The summed E-state index contributed by atoms with van der Waals surface area (Å²) >= 11 is 1.35. The lowest BCUT2D eigenvalue weighted by atomic mass is 10.2. The maximum Gasteiger partial charge on any atom is 0.230 e. The lowest BCUT2D eigenvalue weighted by Gasteiger charge is -2.07. The van der Waals surface area contributed by atoms with Gasteiger partial charge in [0.05, 0.1) is 29.4 Å². The third kappa shape index (κ3) is 4.75. The number of carbonyl (C=O) groups is 1. The fourth-order valence-corrected chi connectivity index (χ4v) is 4.22. The first-order valence-electron chi connectivity index (χ1n) is 10.5. The number of fused-ring (bicyclic) bond motifs is 1. The molecule has 0 aliphatic rings. The van der Waals surface area contributed by atoms with Gasteiger partial charge < -0.3 is 10.1 Å². The molecule has 0 bridgehead atoms. The summed E-state index contributed by atoms with van der Waals surface area (Å²) in [6.45, 7) is 6.99. The molecule has 7 nitrogen and oxygen atoms in total. The monoisotopic (exact) mass is 447 g/mol. The van der Waals surface area contributed by atoms with Crippen LogP contribution in [0.2, 0.25) is 0 Å². The van der Waals surface area contributed by atoms with E-state index in [4.69, 9.17) is 9.84 Å². The molecule has 1 N–H and O–H groups in total. The molecule has 0 fully saturated rings. The number of para-hydroxylation sites is 1. The van der Waals surface area contributed by atoms with E-state index in [0.29, 0.717) is 18.2 Å². The highest BCUT2D eigenvalue weighted by molar-refractivity contribution is 8.00. The van der Waals surface area contributed by atoms with Gasteiger partial charge in [0, 0.05) is 11.9 Å². The Morgan fingerprint density at radius 2 is 1.81 bits per heavy atom. The number of aryl methyl sites for hydroxylation is 2. The largest absolute Gasteiger partial charge is 0.494 e. The SMILES string of the molecule is CCOc1ccc(CNC(=O)CSc2nnc(C)c3c(C)n(-c4ccccc4)nc23)cc1. The Labute approximate surface area is 191 Å². The summed E-state index contributed by atoms with van der Waals surface area (Å²) in [5, 5.41) is 18.0. The predicted octanol–water partition coefficient (Wildman–Crippen LogP) is 4.24. The highest BCUT2D eigenvalue weighted by Crippen LogP contribution is 2.29. The minimum Gasteiger partial charge on any atom is -0.494 e. The number of hydrogen-bond acceptors (Lipinski definition) is 6. The Hall–Kier alpha value is -3.39. The minimum atomic E-state index is -0.0707. The van der Waals surface area contributed by atoms with Crippen LogP contribution in [0.25, 0.3) is 16.6 Å². The third-order valence-electron chi connectivity index (χ3n) is 5.04. The van der Waals surface area contributed by atoms with Crippen molar-refractivity contribution in [3.8, 4) is 11.4 Å². The molecule has 0 radical (unpaired) electrons. The number of hydrogen-bond donors (Lipinski definition) is 1. The van der Waals surface area contributed by atoms with E-state index < -0.39 is 0 Å². The number of benzene rings is 2. The molecule has 0 unspecified atom stereocenters. The molecule has 0 atom stereocenters. The normalized spacial score (nSPS) is 11.0. The molecular formula is C24H25N5O2S. The van der Waals surface area contributed by atoms with Gasteiger partial charge in [-0.25, -0.2) is 4.68 Å². The molecule has 0 aliphatic carbocycles. The molecule has 0 saturated heterocycles. The zero-order valence-electron chi connectivity index (χ0n) is 18.3. The van der Waals surface area contributed by atoms with Crippen molar-refractivity contribution in [3.63, 3.8) is 0 Å². The standard InChI is InChI=1S/C24H25N5O2S/c1-4-31-20-12-10-18(11-13-20)14-25-21(30)15-32-24-23-22(16(2)26-27-24)17(3)29(28-23)19-8-6-5-7-9-19/h5-13H,4,14-15H2,1-3H3,(H,25,30). The minimum absolute atomic E-state index is 0.0707. The molecule has 2 aromatic carbocycles. The van der Waals surface area contributed by atoms with Crippen LogP contribution in [-0.2, 0) is 11.3 Å². The highest BCUT2D eigenvalue weighted by atomic mass is 32.2. The number of thioether (sulfide) groups is 1. The van der Waals surface area contributed by atoms with Crippen molar-refractivity contribution in [1.29, 1.82) is 0 Å². The number of nitrogens with one attached hydrogen (secondary N) is 1. The van der Waals surface area contributed by atoms with E-state index >= 15 is 0 Å². The van der Waals surface area contributed by atoms with Gasteiger partial charge in [0.2, 0.25) is 5.91 Å². The summed E-state index contributed by atoms with van der Waals surface area (Å²) < 4.78 is 7.34. The van der Waals surface area contributed by atoms with Crippen molar-refractivity contribution >= 4 is 28.6 Å². The van der Waals surface area contributed by atoms with Gasteiger partial charge >= 0.3 is 0 Å². The second-order valence-electron chi connectivity index (χ2n) is 7.29. The first-order valence-corrected chi connectivity index (χ1v) is 11.4. The lowest BCUT2D eigenvalue weighted by molar-refractivity contribution is -0.118. The quantitative estimate of drug-likeness (QED) is 0.407. The van der Waals surface area contributed by atoms with Gasteiger partial charge in [0.25, 0.3) is 0 Å². The average Bonchev–Trinajstić information content (AvgIpc) is 3.17. The third-order valence-corrected chi connectivity index (χ3v) is 5.99. The van der Waals surface area contributed by atoms with Gasteiger partial charge in [-0.1, -0.05) is 42.1 Å². The second kappa shape index (κ2) is 9.82. The summed E-state index contributed by atoms with van der Waals surface area (Å²) in [6, 6.07) is 17.7. The Kier molecular flexibility index (Phi) is 6.70. The van der Waals surface area contributed by atoms with Crippen LogP contribution in [0.5, 0.6) is 5.75 Å². The van der Waals surface area contributed by atoms with Gasteiger partial charge in [-0.3, -0.25) is 4.79 Å². The van der Waals surface area contributed by atoms with E-state index in [1.807, 2.05) is 80.1 Å². The Balaban J connectivity index is 1.45. The summed E-state index contributed by atoms with van der Waals surface area (Å²) in [5.74, 6) is 0.991. The van der Waals surface area contributed by atoms with Crippen molar-refractivity contribution in [2.45, 2.75) is 32.3 Å². The summed E-state index contributed by atoms with van der Waals surface area (Å²) in [4.78, 5) is 12.4. The summed E-state index contributed by atoms with van der Waals surface area (Å²) in [5.41, 5.74) is 4.58. The molecule has 164 valence electrons. The van der Waals surface area contributed by atoms with Gasteiger partial charge in [0.15, 0.2) is 0 Å². The molecule has 32 heavy (non-hydrogen) atoms. The van der Waals surface area contributed by atoms with E-state index in [1.54, 1.807) is 0 Å². The van der Waals surface area contributed by atoms with Crippen LogP contribution >= 0.6 is 11.8 Å². The van der Waals surface area contributed by atoms with Crippen molar-refractivity contribution in [1.82, 2.24) is 25.3 Å². The topological polar surface area (TPSA) is 81.9 Å². The molecule has 0 spiro atoms. The predicted molar refractivity (Wildman–Crippen MR) is 126 cm³/mol. The second-order valence-corrected chi connectivity index (χ2v) is 8.25. The van der Waals surface area contributed by atoms with Crippen molar-refractivity contribution in [2.75, 3.05) is 12.4 Å². The number of rotatable bonds is 8.